The third-order valence-corrected chi connectivity index (χ3v) is 4.26. The molecule has 26 heavy (non-hydrogen) atoms. The molecule has 0 bridgehead atoms. The summed E-state index contributed by atoms with van der Waals surface area (Å²) in [4.78, 5) is 36.3. The minimum Gasteiger partial charge on any atom is -0.496 e. The van der Waals surface area contributed by atoms with Gasteiger partial charge in [-0.25, -0.2) is 4.79 Å². The van der Waals surface area contributed by atoms with Crippen LogP contribution < -0.4 is 10.2 Å². The van der Waals surface area contributed by atoms with Crippen molar-refractivity contribution in [3.63, 3.8) is 0 Å². The highest BCUT2D eigenvalue weighted by Crippen LogP contribution is 2.25. The van der Waals surface area contributed by atoms with Gasteiger partial charge in [0.2, 0.25) is 5.76 Å². The highest BCUT2D eigenvalue weighted by Gasteiger charge is 2.16. The fraction of sp³-hybridized carbons (Fsp3) is 0.105. The van der Waals surface area contributed by atoms with E-state index in [9.17, 15) is 14.4 Å². The van der Waals surface area contributed by atoms with Gasteiger partial charge in [-0.15, -0.1) is 0 Å². The van der Waals surface area contributed by atoms with E-state index < -0.39 is 18.4 Å². The van der Waals surface area contributed by atoms with Crippen molar-refractivity contribution in [1.82, 2.24) is 0 Å². The molecule has 0 amide bonds. The standard InChI is InChI=1S/C19H13BrO6/c1-24-17-7-6-11(8-13(17)20)15(22)10-25-19(23)18-9-14(21)12-4-2-3-5-16(12)26-18/h2-9H,10H2,1H3. The summed E-state index contributed by atoms with van der Waals surface area (Å²) in [6.45, 7) is -0.478. The summed E-state index contributed by atoms with van der Waals surface area (Å²) in [7, 11) is 1.51. The maximum atomic E-state index is 12.2. The van der Waals surface area contributed by atoms with Crippen LogP contribution in [0.3, 0.4) is 0 Å². The Bertz CT molecular complexity index is 1050. The number of carbonyl (C=O) groups is 2. The lowest BCUT2D eigenvalue weighted by atomic mass is 10.1. The number of benzene rings is 2. The van der Waals surface area contributed by atoms with Crippen LogP contribution in [-0.4, -0.2) is 25.5 Å². The van der Waals surface area contributed by atoms with Crippen molar-refractivity contribution in [2.24, 2.45) is 0 Å². The molecule has 1 aromatic heterocycles. The van der Waals surface area contributed by atoms with Crippen LogP contribution >= 0.6 is 15.9 Å². The quantitative estimate of drug-likeness (QED) is 0.466. The fourth-order valence-electron chi connectivity index (χ4n) is 2.33. The second-order valence-corrected chi connectivity index (χ2v) is 6.17. The van der Waals surface area contributed by atoms with Gasteiger partial charge in [0.25, 0.3) is 0 Å². The number of ether oxygens (including phenoxy) is 2. The number of hydrogen-bond acceptors (Lipinski definition) is 6. The van der Waals surface area contributed by atoms with Crippen molar-refractivity contribution >= 4 is 38.7 Å². The highest BCUT2D eigenvalue weighted by molar-refractivity contribution is 9.10. The molecule has 2 aromatic carbocycles. The summed E-state index contributed by atoms with van der Waals surface area (Å²) in [5, 5.41) is 0.364. The van der Waals surface area contributed by atoms with Crippen molar-refractivity contribution < 1.29 is 23.5 Å². The van der Waals surface area contributed by atoms with E-state index >= 15 is 0 Å². The summed E-state index contributed by atoms with van der Waals surface area (Å²) in [5.74, 6) is -0.951. The third-order valence-electron chi connectivity index (χ3n) is 3.64. The number of halogens is 1. The maximum Gasteiger partial charge on any atom is 0.374 e. The predicted molar refractivity (Wildman–Crippen MR) is 97.8 cm³/mol. The van der Waals surface area contributed by atoms with E-state index in [2.05, 4.69) is 15.9 Å². The van der Waals surface area contributed by atoms with E-state index in [0.717, 1.165) is 6.07 Å². The fourth-order valence-corrected chi connectivity index (χ4v) is 2.87. The molecule has 3 aromatic rings. The summed E-state index contributed by atoms with van der Waals surface area (Å²) in [5.41, 5.74) is 0.270. The minimum atomic E-state index is -0.881. The predicted octanol–water partition coefficient (Wildman–Crippen LogP) is 3.60. The maximum absolute atomic E-state index is 12.2. The largest absolute Gasteiger partial charge is 0.496 e. The average Bonchev–Trinajstić information content (AvgIpc) is 2.65. The van der Waals surface area contributed by atoms with Crippen LogP contribution in [0.1, 0.15) is 20.9 Å². The van der Waals surface area contributed by atoms with Gasteiger partial charge >= 0.3 is 5.97 Å². The summed E-state index contributed by atoms with van der Waals surface area (Å²) in [6, 6.07) is 12.4. The Hall–Kier alpha value is -2.93. The summed E-state index contributed by atoms with van der Waals surface area (Å²) in [6.07, 6.45) is 0. The zero-order valence-electron chi connectivity index (χ0n) is 13.7. The van der Waals surface area contributed by atoms with Gasteiger partial charge in [-0.1, -0.05) is 12.1 Å². The van der Waals surface area contributed by atoms with Crippen LogP contribution in [0.15, 0.2) is 62.2 Å². The number of carbonyl (C=O) groups excluding carboxylic acids is 2. The smallest absolute Gasteiger partial charge is 0.374 e. The number of ketones is 1. The van der Waals surface area contributed by atoms with E-state index in [-0.39, 0.29) is 16.8 Å². The molecule has 0 fully saturated rings. The van der Waals surface area contributed by atoms with Crippen LogP contribution in [0.25, 0.3) is 11.0 Å². The molecule has 6 nitrogen and oxygen atoms in total. The second kappa shape index (κ2) is 7.53. The highest BCUT2D eigenvalue weighted by atomic mass is 79.9. The Kier molecular flexibility index (Phi) is 5.18. The van der Waals surface area contributed by atoms with E-state index in [1.54, 1.807) is 42.5 Å². The monoisotopic (exact) mass is 416 g/mol. The molecule has 0 spiro atoms. The first-order valence-corrected chi connectivity index (χ1v) is 8.35. The van der Waals surface area contributed by atoms with Crippen LogP contribution in [0.2, 0.25) is 0 Å². The molecule has 0 N–H and O–H groups in total. The molecule has 132 valence electrons. The molecular formula is C19H13BrO6. The first kappa shape index (κ1) is 17.9. The van der Waals surface area contributed by atoms with Crippen molar-refractivity contribution in [3.05, 3.63) is 74.6 Å². The molecule has 0 saturated carbocycles. The summed E-state index contributed by atoms with van der Waals surface area (Å²) < 4.78 is 16.1. The number of rotatable bonds is 5. The minimum absolute atomic E-state index is 0.252. The van der Waals surface area contributed by atoms with Crippen LogP contribution in [-0.2, 0) is 4.74 Å². The number of fused-ring (bicyclic) bond motifs is 1. The number of esters is 1. The lowest BCUT2D eigenvalue weighted by molar-refractivity contribution is 0.0444. The van der Waals surface area contributed by atoms with Gasteiger partial charge in [-0.05, 0) is 46.3 Å². The van der Waals surface area contributed by atoms with Crippen molar-refractivity contribution in [1.29, 1.82) is 0 Å². The van der Waals surface area contributed by atoms with Crippen molar-refractivity contribution in [3.8, 4) is 5.75 Å². The molecule has 0 unspecified atom stereocenters. The zero-order valence-corrected chi connectivity index (χ0v) is 15.2. The van der Waals surface area contributed by atoms with Gasteiger partial charge in [0.15, 0.2) is 17.8 Å². The molecule has 0 atom stereocenters. The normalized spacial score (nSPS) is 10.5. The van der Waals surface area contributed by atoms with Gasteiger partial charge in [0.05, 0.1) is 17.0 Å². The van der Waals surface area contributed by atoms with E-state index in [4.69, 9.17) is 13.9 Å². The number of methoxy groups -OCH3 is 1. The van der Waals surface area contributed by atoms with Gasteiger partial charge in [-0.2, -0.15) is 0 Å². The molecule has 1 heterocycles. The number of Topliss-reactive ketones (excluding diaryl/α,β-unsaturated/α-hetero) is 1. The number of hydrogen-bond donors (Lipinski definition) is 0. The number of para-hydroxylation sites is 1. The van der Waals surface area contributed by atoms with Crippen LogP contribution in [0, 0.1) is 0 Å². The van der Waals surface area contributed by atoms with Gasteiger partial charge in [0, 0.05) is 11.6 Å². The van der Waals surface area contributed by atoms with E-state index in [1.165, 1.54) is 7.11 Å². The lowest BCUT2D eigenvalue weighted by Gasteiger charge is -2.07. The Balaban J connectivity index is 1.73. The lowest BCUT2D eigenvalue weighted by Crippen LogP contribution is -2.16. The van der Waals surface area contributed by atoms with Crippen molar-refractivity contribution in [2.75, 3.05) is 13.7 Å². The van der Waals surface area contributed by atoms with Gasteiger partial charge in [-0.3, -0.25) is 9.59 Å². The molecule has 3 rings (SSSR count). The van der Waals surface area contributed by atoms with Gasteiger partial charge in [0.1, 0.15) is 11.3 Å². The second-order valence-electron chi connectivity index (χ2n) is 5.32. The Morgan fingerprint density at radius 1 is 1.12 bits per heavy atom. The average molecular weight is 417 g/mol. The van der Waals surface area contributed by atoms with Gasteiger partial charge < -0.3 is 13.9 Å². The topological polar surface area (TPSA) is 82.8 Å². The van der Waals surface area contributed by atoms with Crippen LogP contribution in [0.4, 0.5) is 0 Å². The SMILES string of the molecule is COc1ccc(C(=O)COC(=O)c2cc(=O)c3ccccc3o2)cc1Br. The third kappa shape index (κ3) is 3.67. The Morgan fingerprint density at radius 3 is 2.62 bits per heavy atom. The Morgan fingerprint density at radius 2 is 1.88 bits per heavy atom. The summed E-state index contributed by atoms with van der Waals surface area (Å²) >= 11 is 3.29. The molecule has 0 saturated heterocycles. The molecular weight excluding hydrogens is 404 g/mol. The van der Waals surface area contributed by atoms with Crippen molar-refractivity contribution in [2.45, 2.75) is 0 Å². The molecule has 0 aliphatic rings. The van der Waals surface area contributed by atoms with E-state index in [0.29, 0.717) is 21.2 Å². The molecule has 0 aliphatic carbocycles. The first-order valence-electron chi connectivity index (χ1n) is 7.56. The molecule has 0 aliphatic heterocycles. The van der Waals surface area contributed by atoms with E-state index in [1.807, 2.05) is 0 Å². The molecule has 0 radical (unpaired) electrons. The zero-order chi connectivity index (χ0) is 18.7. The Labute approximate surface area is 156 Å². The van der Waals surface area contributed by atoms with Crippen LogP contribution in [0.5, 0.6) is 5.75 Å². The first-order chi connectivity index (χ1) is 12.5. The molecule has 7 heteroatoms.